The van der Waals surface area contributed by atoms with E-state index in [2.05, 4.69) is 0 Å². The minimum absolute atomic E-state index is 0.0848. The molecule has 0 heterocycles. The van der Waals surface area contributed by atoms with Gasteiger partial charge in [-0.15, -0.1) is 0 Å². The van der Waals surface area contributed by atoms with E-state index in [4.69, 9.17) is 17.4 Å². The molecule has 1 atom stereocenters. The smallest absolute Gasteiger partial charge is 0.303 e. The standard InChI is InChI=1S/C20H28O3/c1-2-3-4-5-6-10-13-18-17(15-16-19(18)21)12-9-7-8-11-14-20(22)23/h6-7,9-10,13,15-17H,2-5,8,11-12,14H2,1H3,(H,22,23)/b9-7-,10-6+,18-13+/t17-/m0/s1/i1D3,2D2,3D2,4D2. The Kier molecular flexibility index (Phi) is 4.76. The highest BCUT2D eigenvalue weighted by Gasteiger charge is 2.20. The van der Waals surface area contributed by atoms with Crippen molar-refractivity contribution in [3.05, 3.63) is 48.1 Å². The number of carboxylic acid groups (broad SMARTS) is 1. The van der Waals surface area contributed by atoms with Gasteiger partial charge in [0.25, 0.3) is 0 Å². The number of allylic oxidation sites excluding steroid dienone is 8. The van der Waals surface area contributed by atoms with E-state index in [1.807, 2.05) is 12.2 Å². The van der Waals surface area contributed by atoms with Crippen molar-refractivity contribution in [1.29, 1.82) is 0 Å². The maximum absolute atomic E-state index is 12.1. The number of unbranched alkanes of at least 4 members (excludes halogenated alkanes) is 1. The van der Waals surface area contributed by atoms with Gasteiger partial charge in [0.2, 0.25) is 0 Å². The van der Waals surface area contributed by atoms with Crippen molar-refractivity contribution in [3.8, 4) is 0 Å². The van der Waals surface area contributed by atoms with Gasteiger partial charge in [-0.1, -0.05) is 56.1 Å². The van der Waals surface area contributed by atoms with Crippen molar-refractivity contribution in [2.45, 2.75) is 58.1 Å². The summed E-state index contributed by atoms with van der Waals surface area (Å²) in [6.07, 6.45) is 2.61. The Morgan fingerprint density at radius 1 is 1.35 bits per heavy atom. The zero-order valence-corrected chi connectivity index (χ0v) is 12.9. The van der Waals surface area contributed by atoms with E-state index >= 15 is 0 Å². The number of rotatable bonds is 11. The molecule has 23 heavy (non-hydrogen) atoms. The van der Waals surface area contributed by atoms with Crippen molar-refractivity contribution in [3.63, 3.8) is 0 Å². The Morgan fingerprint density at radius 2 is 2.22 bits per heavy atom. The Morgan fingerprint density at radius 3 is 3.00 bits per heavy atom. The monoisotopic (exact) mass is 325 g/mol. The highest BCUT2D eigenvalue weighted by atomic mass is 16.4. The second kappa shape index (κ2) is 11.6. The largest absolute Gasteiger partial charge is 0.481 e. The summed E-state index contributed by atoms with van der Waals surface area (Å²) in [5.74, 6) is -1.27. The lowest BCUT2D eigenvalue weighted by molar-refractivity contribution is -0.137. The zero-order valence-electron chi connectivity index (χ0n) is 21.9. The van der Waals surface area contributed by atoms with E-state index < -0.39 is 38.4 Å². The summed E-state index contributed by atoms with van der Waals surface area (Å²) in [4.78, 5) is 22.5. The first-order valence-electron chi connectivity index (χ1n) is 12.0. The van der Waals surface area contributed by atoms with Crippen LogP contribution in [0.2, 0.25) is 0 Å². The fourth-order valence-corrected chi connectivity index (χ4v) is 2.12. The summed E-state index contributed by atoms with van der Waals surface area (Å²) in [5, 5.41) is 8.61. The molecule has 1 rings (SSSR count). The van der Waals surface area contributed by atoms with Gasteiger partial charge in [-0.25, -0.2) is 0 Å². The number of carbonyl (C=O) groups is 2. The van der Waals surface area contributed by atoms with E-state index in [9.17, 15) is 9.59 Å². The van der Waals surface area contributed by atoms with Gasteiger partial charge in [0.1, 0.15) is 0 Å². The number of hydrogen-bond acceptors (Lipinski definition) is 2. The molecule has 0 saturated carbocycles. The third-order valence-electron chi connectivity index (χ3n) is 3.26. The van der Waals surface area contributed by atoms with Crippen LogP contribution < -0.4 is 0 Å². The molecule has 0 fully saturated rings. The molecule has 126 valence electrons. The highest BCUT2D eigenvalue weighted by molar-refractivity contribution is 6.07. The van der Waals surface area contributed by atoms with Gasteiger partial charge in [-0.05, 0) is 38.1 Å². The first kappa shape index (κ1) is 9.41. The van der Waals surface area contributed by atoms with Gasteiger partial charge in [-0.2, -0.15) is 0 Å². The predicted octanol–water partition coefficient (Wildman–Crippen LogP) is 5.01. The van der Waals surface area contributed by atoms with E-state index in [-0.39, 0.29) is 18.1 Å². The lowest BCUT2D eigenvalue weighted by Crippen LogP contribution is -2.01. The van der Waals surface area contributed by atoms with Crippen molar-refractivity contribution in [1.82, 2.24) is 0 Å². The van der Waals surface area contributed by atoms with E-state index in [0.29, 0.717) is 24.8 Å². The van der Waals surface area contributed by atoms with Crippen molar-refractivity contribution in [2.75, 3.05) is 0 Å². The normalized spacial score (nSPS) is 27.8. The quantitative estimate of drug-likeness (QED) is 0.330. The van der Waals surface area contributed by atoms with Crippen LogP contribution in [0.3, 0.4) is 0 Å². The van der Waals surface area contributed by atoms with Gasteiger partial charge in [-0.3, -0.25) is 9.59 Å². The molecular weight excluding hydrogens is 288 g/mol. The molecule has 0 spiro atoms. The third-order valence-corrected chi connectivity index (χ3v) is 3.26. The molecule has 0 unspecified atom stereocenters. The van der Waals surface area contributed by atoms with Gasteiger partial charge in [0.15, 0.2) is 5.78 Å². The van der Waals surface area contributed by atoms with Crippen LogP contribution in [0.4, 0.5) is 0 Å². The Balaban J connectivity index is 2.79. The molecule has 0 aliphatic heterocycles. The van der Waals surface area contributed by atoms with Crippen LogP contribution in [0.5, 0.6) is 0 Å². The number of carbonyl (C=O) groups excluding carboxylic acids is 1. The molecule has 3 nitrogen and oxygen atoms in total. The molecule has 0 radical (unpaired) electrons. The maximum Gasteiger partial charge on any atom is 0.303 e. The third kappa shape index (κ3) is 8.34. The Labute approximate surface area is 152 Å². The molecule has 0 bridgehead atoms. The summed E-state index contributed by atoms with van der Waals surface area (Å²) in [6.45, 7) is -3.34. The summed E-state index contributed by atoms with van der Waals surface area (Å²) in [6, 6.07) is 0. The number of carboxylic acids is 1. The second-order valence-corrected chi connectivity index (χ2v) is 5.00. The molecule has 1 N–H and O–H groups in total. The SMILES string of the molecule is [2H]C([2H])([2H])C([2H])([2H])C([2H])([2H])C([2H])([2H])C/C=C/C=C1/C(=O)C=C[C@@H]1C/C=C\CCCC(=O)O. The summed E-state index contributed by atoms with van der Waals surface area (Å²) in [7, 11) is 0. The number of hydrogen-bond donors (Lipinski definition) is 1. The molecule has 0 amide bonds. The van der Waals surface area contributed by atoms with E-state index in [1.54, 1.807) is 6.08 Å². The fourth-order valence-electron chi connectivity index (χ4n) is 2.12. The van der Waals surface area contributed by atoms with E-state index in [0.717, 1.165) is 0 Å². The van der Waals surface area contributed by atoms with Crippen LogP contribution >= 0.6 is 0 Å². The Hall–Kier alpha value is -1.90. The van der Waals surface area contributed by atoms with Crippen molar-refractivity contribution in [2.24, 2.45) is 5.92 Å². The first-order chi connectivity index (χ1) is 14.5. The summed E-state index contributed by atoms with van der Waals surface area (Å²) >= 11 is 0. The first-order valence-corrected chi connectivity index (χ1v) is 7.50. The van der Waals surface area contributed by atoms with Crippen LogP contribution in [0.25, 0.3) is 0 Å². The van der Waals surface area contributed by atoms with Gasteiger partial charge in [0, 0.05) is 30.2 Å². The minimum Gasteiger partial charge on any atom is -0.481 e. The van der Waals surface area contributed by atoms with Crippen LogP contribution in [0, 0.1) is 5.92 Å². The van der Waals surface area contributed by atoms with Crippen LogP contribution in [-0.4, -0.2) is 16.9 Å². The molecule has 0 aromatic carbocycles. The molecule has 0 saturated heterocycles. The molecule has 3 heteroatoms. The average Bonchev–Trinajstić information content (AvgIpc) is 3.00. The van der Waals surface area contributed by atoms with Crippen LogP contribution in [0.15, 0.2) is 48.1 Å². The lowest BCUT2D eigenvalue weighted by Gasteiger charge is -2.06. The second-order valence-electron chi connectivity index (χ2n) is 5.00. The van der Waals surface area contributed by atoms with Gasteiger partial charge in [0.05, 0.1) is 0 Å². The van der Waals surface area contributed by atoms with Gasteiger partial charge >= 0.3 is 5.97 Å². The molecule has 1 aliphatic carbocycles. The average molecular weight is 325 g/mol. The molecule has 0 aromatic heterocycles. The molecule has 1 aliphatic rings. The summed E-state index contributed by atoms with van der Waals surface area (Å²) in [5.41, 5.74) is 0.456. The highest BCUT2D eigenvalue weighted by Crippen LogP contribution is 2.25. The van der Waals surface area contributed by atoms with Crippen LogP contribution in [0.1, 0.15) is 70.4 Å². The lowest BCUT2D eigenvalue weighted by atomic mass is 9.97. The Bertz CT molecular complexity index is 806. The number of aliphatic carboxylic acids is 1. The minimum atomic E-state index is -3.40. The topological polar surface area (TPSA) is 54.4 Å². The van der Waals surface area contributed by atoms with Crippen molar-refractivity contribution >= 4 is 11.8 Å². The van der Waals surface area contributed by atoms with Crippen molar-refractivity contribution < 1.29 is 27.0 Å². The zero-order chi connectivity index (χ0) is 24.8. The molecular formula is C20H28O3. The molecule has 0 aromatic rings. The number of ketones is 1. The van der Waals surface area contributed by atoms with Crippen LogP contribution in [-0.2, 0) is 9.59 Å². The predicted molar refractivity (Wildman–Crippen MR) is 94.2 cm³/mol. The maximum atomic E-state index is 12.1. The fraction of sp³-hybridized carbons (Fsp3) is 0.500. The van der Waals surface area contributed by atoms with E-state index in [1.165, 1.54) is 24.3 Å². The summed E-state index contributed by atoms with van der Waals surface area (Å²) < 4.78 is 68.2. The van der Waals surface area contributed by atoms with Gasteiger partial charge < -0.3 is 5.11 Å².